The van der Waals surface area contributed by atoms with Gasteiger partial charge in [0.1, 0.15) is 0 Å². The smallest absolute Gasteiger partial charge is 0.264 e. The first kappa shape index (κ1) is 12.2. The highest BCUT2D eigenvalue weighted by molar-refractivity contribution is 7.92. The summed E-state index contributed by atoms with van der Waals surface area (Å²) in [5.41, 5.74) is 6.89. The summed E-state index contributed by atoms with van der Waals surface area (Å²) < 4.78 is 26.2. The third kappa shape index (κ3) is 2.54. The van der Waals surface area contributed by atoms with Gasteiger partial charge in [0, 0.05) is 5.69 Å². The van der Waals surface area contributed by atoms with Crippen molar-refractivity contribution in [2.45, 2.75) is 11.8 Å². The molecule has 8 heteroatoms. The van der Waals surface area contributed by atoms with Crippen molar-refractivity contribution >= 4 is 21.7 Å². The Kier molecular flexibility index (Phi) is 3.11. The lowest BCUT2D eigenvalue weighted by Crippen LogP contribution is -2.15. The van der Waals surface area contributed by atoms with Crippen LogP contribution in [0.15, 0.2) is 35.5 Å². The zero-order valence-electron chi connectivity index (χ0n) is 9.53. The summed E-state index contributed by atoms with van der Waals surface area (Å²) in [6, 6.07) is 4.48. The number of nitrogens with two attached hydrogens (primary N) is 1. The molecule has 2 aromatic rings. The molecule has 3 N–H and O–H groups in total. The molecule has 7 nitrogen and oxygen atoms in total. The molecule has 0 unspecified atom stereocenters. The number of hydrogen-bond acceptors (Lipinski definition) is 6. The third-order valence-corrected chi connectivity index (χ3v) is 3.60. The van der Waals surface area contributed by atoms with Crippen LogP contribution in [0.5, 0.6) is 0 Å². The SMILES string of the molecule is Cc1ccc(S(=O)(=O)Nc2nccnn2)cc1N. The number of benzene rings is 1. The van der Waals surface area contributed by atoms with E-state index in [2.05, 4.69) is 19.9 Å². The van der Waals surface area contributed by atoms with Gasteiger partial charge in [-0.25, -0.2) is 18.1 Å². The van der Waals surface area contributed by atoms with Crippen LogP contribution in [0.25, 0.3) is 0 Å². The monoisotopic (exact) mass is 265 g/mol. The Hall–Kier alpha value is -2.22. The van der Waals surface area contributed by atoms with Crippen molar-refractivity contribution in [1.82, 2.24) is 15.2 Å². The summed E-state index contributed by atoms with van der Waals surface area (Å²) in [5.74, 6) is -0.0864. The van der Waals surface area contributed by atoms with Crippen molar-refractivity contribution in [1.29, 1.82) is 0 Å². The van der Waals surface area contributed by atoms with Crippen LogP contribution in [0.4, 0.5) is 11.6 Å². The van der Waals surface area contributed by atoms with Crippen molar-refractivity contribution in [3.63, 3.8) is 0 Å². The van der Waals surface area contributed by atoms with Gasteiger partial charge in [0.15, 0.2) is 0 Å². The quantitative estimate of drug-likeness (QED) is 0.784. The Morgan fingerprint density at radius 3 is 2.67 bits per heavy atom. The van der Waals surface area contributed by atoms with Gasteiger partial charge in [-0.15, -0.1) is 5.10 Å². The van der Waals surface area contributed by atoms with E-state index in [4.69, 9.17) is 5.73 Å². The zero-order chi connectivity index (χ0) is 13.2. The Balaban J connectivity index is 2.34. The number of aryl methyl sites for hydroxylation is 1. The van der Waals surface area contributed by atoms with E-state index in [0.29, 0.717) is 5.69 Å². The van der Waals surface area contributed by atoms with Gasteiger partial charge >= 0.3 is 0 Å². The van der Waals surface area contributed by atoms with Crippen molar-refractivity contribution in [2.24, 2.45) is 0 Å². The minimum atomic E-state index is -3.75. The first-order valence-electron chi connectivity index (χ1n) is 5.02. The van der Waals surface area contributed by atoms with E-state index in [-0.39, 0.29) is 10.8 Å². The number of hydrogen-bond donors (Lipinski definition) is 2. The molecular formula is C10H11N5O2S. The Morgan fingerprint density at radius 1 is 1.28 bits per heavy atom. The van der Waals surface area contributed by atoms with Crippen LogP contribution in [0.3, 0.4) is 0 Å². The molecule has 0 fully saturated rings. The average Bonchev–Trinajstić information content (AvgIpc) is 2.33. The minimum Gasteiger partial charge on any atom is -0.398 e. The molecule has 0 radical (unpaired) electrons. The summed E-state index contributed by atoms with van der Waals surface area (Å²) in [7, 11) is -3.75. The fraction of sp³-hybridized carbons (Fsp3) is 0.100. The predicted molar refractivity (Wildman–Crippen MR) is 66.2 cm³/mol. The Bertz CT molecular complexity index is 657. The van der Waals surface area contributed by atoms with Crippen LogP contribution in [-0.2, 0) is 10.0 Å². The summed E-state index contributed by atoms with van der Waals surface area (Å²) in [5, 5.41) is 7.08. The van der Waals surface area contributed by atoms with Crippen molar-refractivity contribution in [3.8, 4) is 0 Å². The number of nitrogens with one attached hydrogen (secondary N) is 1. The van der Waals surface area contributed by atoms with E-state index in [9.17, 15) is 8.42 Å². The summed E-state index contributed by atoms with van der Waals surface area (Å²) in [4.78, 5) is 3.79. The van der Waals surface area contributed by atoms with Gasteiger partial charge in [0.2, 0.25) is 0 Å². The molecule has 0 saturated carbocycles. The van der Waals surface area contributed by atoms with E-state index in [1.165, 1.54) is 24.5 Å². The maximum atomic E-state index is 12.0. The van der Waals surface area contributed by atoms with E-state index in [1.54, 1.807) is 13.0 Å². The van der Waals surface area contributed by atoms with Gasteiger partial charge in [0.25, 0.3) is 16.0 Å². The second kappa shape index (κ2) is 4.57. The molecule has 1 aromatic carbocycles. The van der Waals surface area contributed by atoms with Crippen molar-refractivity contribution in [2.75, 3.05) is 10.5 Å². The fourth-order valence-corrected chi connectivity index (χ4v) is 2.24. The molecule has 0 aliphatic heterocycles. The molecule has 0 amide bonds. The molecule has 1 heterocycles. The summed E-state index contributed by atoms with van der Waals surface area (Å²) in [6.45, 7) is 1.80. The number of sulfonamides is 1. The minimum absolute atomic E-state index is 0.0538. The van der Waals surface area contributed by atoms with Crippen molar-refractivity contribution < 1.29 is 8.42 Å². The van der Waals surface area contributed by atoms with Gasteiger partial charge in [0.05, 0.1) is 17.3 Å². The highest BCUT2D eigenvalue weighted by atomic mass is 32.2. The van der Waals surface area contributed by atoms with Gasteiger partial charge in [-0.1, -0.05) is 6.07 Å². The van der Waals surface area contributed by atoms with Crippen LogP contribution in [0, 0.1) is 6.92 Å². The molecule has 18 heavy (non-hydrogen) atoms. The molecule has 0 atom stereocenters. The first-order chi connectivity index (χ1) is 8.49. The van der Waals surface area contributed by atoms with Crippen LogP contribution < -0.4 is 10.5 Å². The molecule has 0 aliphatic rings. The largest absolute Gasteiger partial charge is 0.398 e. The molecule has 0 spiro atoms. The maximum Gasteiger partial charge on any atom is 0.264 e. The number of nitrogens with zero attached hydrogens (tertiary/aromatic N) is 3. The lowest BCUT2D eigenvalue weighted by molar-refractivity contribution is 0.600. The lowest BCUT2D eigenvalue weighted by atomic mass is 10.2. The van der Waals surface area contributed by atoms with Crippen LogP contribution in [0.2, 0.25) is 0 Å². The molecule has 94 valence electrons. The van der Waals surface area contributed by atoms with E-state index < -0.39 is 10.0 Å². The normalized spacial score (nSPS) is 11.2. The number of aromatic nitrogens is 3. The topological polar surface area (TPSA) is 111 Å². The Morgan fingerprint density at radius 2 is 2.06 bits per heavy atom. The molecular weight excluding hydrogens is 254 g/mol. The van der Waals surface area contributed by atoms with Crippen LogP contribution in [-0.4, -0.2) is 23.6 Å². The molecule has 1 aromatic heterocycles. The fourth-order valence-electron chi connectivity index (χ4n) is 1.26. The molecule has 0 bridgehead atoms. The third-order valence-electron chi connectivity index (χ3n) is 2.27. The Labute approximate surface area is 104 Å². The number of rotatable bonds is 3. The molecule has 0 aliphatic carbocycles. The second-order valence-corrected chi connectivity index (χ2v) is 5.27. The van der Waals surface area contributed by atoms with E-state index in [1.807, 2.05) is 0 Å². The van der Waals surface area contributed by atoms with Gasteiger partial charge in [-0.3, -0.25) is 0 Å². The lowest BCUT2D eigenvalue weighted by Gasteiger charge is -2.07. The summed E-state index contributed by atoms with van der Waals surface area (Å²) in [6.07, 6.45) is 2.69. The van der Waals surface area contributed by atoms with Gasteiger partial charge in [-0.2, -0.15) is 5.10 Å². The molecule has 0 saturated heterocycles. The van der Waals surface area contributed by atoms with Gasteiger partial charge < -0.3 is 5.73 Å². The first-order valence-corrected chi connectivity index (χ1v) is 6.50. The highest BCUT2D eigenvalue weighted by Crippen LogP contribution is 2.18. The van der Waals surface area contributed by atoms with Crippen LogP contribution in [0.1, 0.15) is 5.56 Å². The zero-order valence-corrected chi connectivity index (χ0v) is 10.3. The average molecular weight is 265 g/mol. The van der Waals surface area contributed by atoms with Crippen molar-refractivity contribution in [3.05, 3.63) is 36.2 Å². The van der Waals surface area contributed by atoms with Gasteiger partial charge in [-0.05, 0) is 24.6 Å². The van der Waals surface area contributed by atoms with Crippen LogP contribution >= 0.6 is 0 Å². The standard InChI is InChI=1S/C10H11N5O2S/c1-7-2-3-8(6-9(7)11)18(16,17)15-10-12-4-5-13-14-10/h2-6H,11H2,1H3,(H,12,14,15). The highest BCUT2D eigenvalue weighted by Gasteiger charge is 2.16. The maximum absolute atomic E-state index is 12.0. The summed E-state index contributed by atoms with van der Waals surface area (Å²) >= 11 is 0. The van der Waals surface area contributed by atoms with E-state index in [0.717, 1.165) is 5.56 Å². The van der Waals surface area contributed by atoms with E-state index >= 15 is 0 Å². The second-order valence-electron chi connectivity index (χ2n) is 3.59. The molecule has 2 rings (SSSR count). The predicted octanol–water partition coefficient (Wildman–Crippen LogP) is 0.563. The number of anilines is 2. The number of nitrogen functional groups attached to an aromatic ring is 1.